The quantitative estimate of drug-likeness (QED) is 0.835. The number of benzene rings is 1. The molecule has 0 aromatic heterocycles. The molecule has 0 saturated heterocycles. The predicted molar refractivity (Wildman–Crippen MR) is 77.9 cm³/mol. The van der Waals surface area contributed by atoms with Crippen molar-refractivity contribution >= 4 is 6.08 Å². The molecular formula is C17H18FO2. The molecule has 0 amide bonds. The van der Waals surface area contributed by atoms with Gasteiger partial charge in [0.2, 0.25) is 0 Å². The molecule has 1 aliphatic carbocycles. The molecule has 1 aromatic rings. The monoisotopic (exact) mass is 273 g/mol. The zero-order valence-electron chi connectivity index (χ0n) is 11.4. The van der Waals surface area contributed by atoms with E-state index in [2.05, 4.69) is 0 Å². The zero-order valence-corrected chi connectivity index (χ0v) is 11.4. The van der Waals surface area contributed by atoms with Crippen LogP contribution in [-0.2, 0) is 0 Å². The lowest BCUT2D eigenvalue weighted by molar-refractivity contribution is 0.297. The van der Waals surface area contributed by atoms with Crippen LogP contribution in [0.25, 0.3) is 6.08 Å². The second-order valence-corrected chi connectivity index (χ2v) is 4.84. The van der Waals surface area contributed by atoms with Gasteiger partial charge in [0.1, 0.15) is 17.7 Å². The zero-order chi connectivity index (χ0) is 14.5. The van der Waals surface area contributed by atoms with Crippen molar-refractivity contribution in [3.05, 3.63) is 70.8 Å². The van der Waals surface area contributed by atoms with Gasteiger partial charge < -0.3 is 10.2 Å². The highest BCUT2D eigenvalue weighted by Gasteiger charge is 2.21. The van der Waals surface area contributed by atoms with Crippen molar-refractivity contribution in [3.8, 4) is 0 Å². The maximum absolute atomic E-state index is 12.8. The maximum Gasteiger partial charge on any atom is 0.126 e. The lowest BCUT2D eigenvalue weighted by Gasteiger charge is -2.19. The summed E-state index contributed by atoms with van der Waals surface area (Å²) in [5.41, 5.74) is 2.32. The summed E-state index contributed by atoms with van der Waals surface area (Å²) in [6.45, 7) is 2.00. The van der Waals surface area contributed by atoms with E-state index in [9.17, 15) is 14.6 Å². The summed E-state index contributed by atoms with van der Waals surface area (Å²) < 4.78 is 12.8. The first kappa shape index (κ1) is 14.5. The van der Waals surface area contributed by atoms with Crippen LogP contribution in [0.5, 0.6) is 0 Å². The molecule has 0 saturated carbocycles. The highest BCUT2D eigenvalue weighted by atomic mass is 19.1. The summed E-state index contributed by atoms with van der Waals surface area (Å²) in [4.78, 5) is 0. The summed E-state index contributed by atoms with van der Waals surface area (Å²) in [6, 6.07) is 6.15. The van der Waals surface area contributed by atoms with Crippen molar-refractivity contribution in [2.24, 2.45) is 0 Å². The SMILES string of the molecule is CCCC1=C(O)C=C(C=Cc2ccc(F)cc2)C[C]1O. The summed E-state index contributed by atoms with van der Waals surface area (Å²) in [7, 11) is 0. The van der Waals surface area contributed by atoms with E-state index in [-0.39, 0.29) is 17.7 Å². The van der Waals surface area contributed by atoms with Crippen molar-refractivity contribution < 1.29 is 14.6 Å². The second-order valence-electron chi connectivity index (χ2n) is 4.84. The normalized spacial score (nSPS) is 16.9. The third-order valence-corrected chi connectivity index (χ3v) is 3.21. The first-order chi connectivity index (χ1) is 9.60. The Labute approximate surface area is 118 Å². The molecule has 0 atom stereocenters. The largest absolute Gasteiger partial charge is 0.508 e. The molecule has 2 rings (SSSR count). The Morgan fingerprint density at radius 1 is 1.15 bits per heavy atom. The molecule has 2 nitrogen and oxygen atoms in total. The van der Waals surface area contributed by atoms with Crippen LogP contribution in [-0.4, -0.2) is 10.2 Å². The number of rotatable bonds is 4. The van der Waals surface area contributed by atoms with Crippen LogP contribution >= 0.6 is 0 Å². The summed E-state index contributed by atoms with van der Waals surface area (Å²) in [5.74, 6) is -0.135. The average Bonchev–Trinajstić information content (AvgIpc) is 2.42. The number of hydrogen-bond donors (Lipinski definition) is 2. The molecule has 1 aliphatic rings. The molecule has 0 spiro atoms. The van der Waals surface area contributed by atoms with Crippen molar-refractivity contribution in [2.75, 3.05) is 0 Å². The van der Waals surface area contributed by atoms with Gasteiger partial charge in [-0.05, 0) is 35.8 Å². The Kier molecular flexibility index (Phi) is 4.74. The second kappa shape index (κ2) is 6.53. The molecule has 2 N–H and O–H groups in total. The van der Waals surface area contributed by atoms with E-state index in [0.29, 0.717) is 18.4 Å². The van der Waals surface area contributed by atoms with Crippen LogP contribution in [0.3, 0.4) is 0 Å². The van der Waals surface area contributed by atoms with Crippen LogP contribution in [0.1, 0.15) is 31.7 Å². The minimum absolute atomic E-state index is 0.134. The van der Waals surface area contributed by atoms with Gasteiger partial charge in [-0.2, -0.15) is 0 Å². The van der Waals surface area contributed by atoms with Gasteiger partial charge in [-0.15, -0.1) is 0 Å². The first-order valence-corrected chi connectivity index (χ1v) is 6.71. The van der Waals surface area contributed by atoms with E-state index in [1.807, 2.05) is 19.1 Å². The fourth-order valence-electron chi connectivity index (χ4n) is 2.17. The fourth-order valence-corrected chi connectivity index (χ4v) is 2.17. The Morgan fingerprint density at radius 3 is 2.45 bits per heavy atom. The smallest absolute Gasteiger partial charge is 0.126 e. The highest BCUT2D eigenvalue weighted by molar-refractivity contribution is 5.55. The van der Waals surface area contributed by atoms with E-state index < -0.39 is 0 Å². The van der Waals surface area contributed by atoms with E-state index in [0.717, 1.165) is 17.6 Å². The minimum Gasteiger partial charge on any atom is -0.508 e. The van der Waals surface area contributed by atoms with Gasteiger partial charge in [0.15, 0.2) is 0 Å². The van der Waals surface area contributed by atoms with Gasteiger partial charge in [-0.3, -0.25) is 0 Å². The number of aliphatic hydroxyl groups excluding tert-OH is 2. The summed E-state index contributed by atoms with van der Waals surface area (Å²) >= 11 is 0. The third kappa shape index (κ3) is 3.58. The van der Waals surface area contributed by atoms with Crippen LogP contribution in [0.15, 0.2) is 53.3 Å². The van der Waals surface area contributed by atoms with Gasteiger partial charge >= 0.3 is 0 Å². The Morgan fingerprint density at radius 2 is 1.85 bits per heavy atom. The molecule has 0 heterocycles. The summed E-state index contributed by atoms with van der Waals surface area (Å²) in [5, 5.41) is 19.9. The molecule has 0 unspecified atom stereocenters. The lowest BCUT2D eigenvalue weighted by atomic mass is 9.91. The van der Waals surface area contributed by atoms with Crippen LogP contribution in [0.4, 0.5) is 4.39 Å². The highest BCUT2D eigenvalue weighted by Crippen LogP contribution is 2.32. The van der Waals surface area contributed by atoms with Crippen LogP contribution in [0, 0.1) is 11.9 Å². The Bertz CT molecular complexity index is 553. The standard InChI is InChI=1S/C17H18FO2/c1-2-3-15-16(19)10-13(11-17(15)20)5-4-12-6-8-14(18)9-7-12/h4-10,19-20H,2-3,11H2,1H3. The van der Waals surface area contributed by atoms with Crippen LogP contribution < -0.4 is 0 Å². The number of hydrogen-bond acceptors (Lipinski definition) is 2. The van der Waals surface area contributed by atoms with Gasteiger partial charge in [-0.1, -0.05) is 37.6 Å². The van der Waals surface area contributed by atoms with Crippen molar-refractivity contribution in [2.45, 2.75) is 26.2 Å². The molecular weight excluding hydrogens is 255 g/mol. The summed E-state index contributed by atoms with van der Waals surface area (Å²) in [6.07, 6.45) is 7.51. The number of halogens is 1. The average molecular weight is 273 g/mol. The third-order valence-electron chi connectivity index (χ3n) is 3.21. The molecule has 1 radical (unpaired) electrons. The molecule has 0 fully saturated rings. The fraction of sp³-hybridized carbons (Fsp3) is 0.235. The van der Waals surface area contributed by atoms with E-state index >= 15 is 0 Å². The molecule has 1 aromatic carbocycles. The minimum atomic E-state index is -0.269. The van der Waals surface area contributed by atoms with Gasteiger partial charge in [0.05, 0.1) is 0 Å². The molecule has 105 valence electrons. The van der Waals surface area contributed by atoms with Gasteiger partial charge in [0.25, 0.3) is 0 Å². The number of allylic oxidation sites excluding steroid dienone is 2. The number of aliphatic hydroxyl groups is 2. The first-order valence-electron chi connectivity index (χ1n) is 6.71. The van der Waals surface area contributed by atoms with E-state index in [4.69, 9.17) is 0 Å². The Hall–Kier alpha value is -1.87. The molecule has 0 aliphatic heterocycles. The predicted octanol–water partition coefficient (Wildman–Crippen LogP) is 4.69. The van der Waals surface area contributed by atoms with Crippen molar-refractivity contribution in [1.82, 2.24) is 0 Å². The lowest BCUT2D eigenvalue weighted by Crippen LogP contribution is -2.09. The van der Waals surface area contributed by atoms with Crippen molar-refractivity contribution in [1.29, 1.82) is 0 Å². The topological polar surface area (TPSA) is 40.5 Å². The van der Waals surface area contributed by atoms with E-state index in [1.165, 1.54) is 12.1 Å². The molecule has 0 bridgehead atoms. The molecule has 3 heteroatoms. The Balaban J connectivity index is 2.14. The van der Waals surface area contributed by atoms with Crippen molar-refractivity contribution in [3.63, 3.8) is 0 Å². The van der Waals surface area contributed by atoms with E-state index in [1.54, 1.807) is 18.2 Å². The van der Waals surface area contributed by atoms with Crippen LogP contribution in [0.2, 0.25) is 0 Å². The van der Waals surface area contributed by atoms with Gasteiger partial charge in [0, 0.05) is 12.0 Å². The molecule has 20 heavy (non-hydrogen) atoms. The maximum atomic E-state index is 12.8. The van der Waals surface area contributed by atoms with Gasteiger partial charge in [-0.25, -0.2) is 4.39 Å².